The summed E-state index contributed by atoms with van der Waals surface area (Å²) in [7, 11) is 0. The van der Waals surface area contributed by atoms with E-state index in [0.717, 1.165) is 6.42 Å². The predicted molar refractivity (Wildman–Crippen MR) is 41.4 cm³/mol. The molecule has 0 saturated carbocycles. The first-order valence-corrected chi connectivity index (χ1v) is 3.53. The maximum Gasteiger partial charge on any atom is 0.207 e. The molecule has 0 saturated heterocycles. The zero-order chi connectivity index (χ0) is 6.97. The van der Waals surface area contributed by atoms with Crippen LogP contribution in [0.5, 0.6) is 0 Å². The fourth-order valence-electron chi connectivity index (χ4n) is 1.36. The van der Waals surface area contributed by atoms with E-state index in [1.165, 1.54) is 17.0 Å². The molecule has 0 bridgehead atoms. The summed E-state index contributed by atoms with van der Waals surface area (Å²) in [6.45, 7) is 2.12. The summed E-state index contributed by atoms with van der Waals surface area (Å²) in [5, 5.41) is 0. The highest BCUT2D eigenvalue weighted by atomic mass is 14.8. The fourth-order valence-corrected chi connectivity index (χ4v) is 1.36. The van der Waals surface area contributed by atoms with Crippen molar-refractivity contribution in [2.45, 2.75) is 13.3 Å². The number of benzene rings is 1. The quantitative estimate of drug-likeness (QED) is 0.526. The maximum absolute atomic E-state index is 3.31. The van der Waals surface area contributed by atoms with Gasteiger partial charge >= 0.3 is 0 Å². The third-order valence-electron chi connectivity index (χ3n) is 1.82. The molecule has 0 atom stereocenters. The van der Waals surface area contributed by atoms with E-state index >= 15 is 0 Å². The molecular weight excluding hydrogens is 122 g/mol. The molecule has 1 nitrogen and oxygen atoms in total. The van der Waals surface area contributed by atoms with Crippen molar-refractivity contribution in [3.8, 4) is 0 Å². The molecule has 0 unspecified atom stereocenters. The summed E-state index contributed by atoms with van der Waals surface area (Å²) in [5.41, 5.74) is 4.04. The number of rotatable bonds is 0. The summed E-state index contributed by atoms with van der Waals surface area (Å²) in [5.74, 6) is 0. The largest absolute Gasteiger partial charge is 0.212 e. The summed E-state index contributed by atoms with van der Waals surface area (Å²) in [6, 6.07) is 8.42. The molecular formula is C9H10N+. The Balaban J connectivity index is 2.54. The van der Waals surface area contributed by atoms with Gasteiger partial charge in [0.25, 0.3) is 0 Å². The van der Waals surface area contributed by atoms with Crippen molar-refractivity contribution in [3.05, 3.63) is 29.8 Å². The van der Waals surface area contributed by atoms with Crippen LogP contribution >= 0.6 is 0 Å². The molecule has 10 heavy (non-hydrogen) atoms. The van der Waals surface area contributed by atoms with E-state index < -0.39 is 0 Å². The molecule has 50 valence electrons. The molecule has 0 fully saturated rings. The summed E-state index contributed by atoms with van der Waals surface area (Å²) in [6.07, 6.45) is 1.09. The number of nitrogens with one attached hydrogen (secondary N) is 1. The van der Waals surface area contributed by atoms with E-state index in [1.54, 1.807) is 0 Å². The Hall–Kier alpha value is -1.11. The van der Waals surface area contributed by atoms with E-state index in [-0.39, 0.29) is 0 Å². The number of para-hydroxylation sites is 1. The second kappa shape index (κ2) is 1.94. The first-order chi connectivity index (χ1) is 4.86. The molecule has 2 rings (SSSR count). The van der Waals surface area contributed by atoms with Crippen molar-refractivity contribution in [1.29, 1.82) is 0 Å². The Kier molecular flexibility index (Phi) is 1.10. The van der Waals surface area contributed by atoms with Gasteiger partial charge in [0.15, 0.2) is 5.71 Å². The minimum atomic E-state index is 1.09. The van der Waals surface area contributed by atoms with Gasteiger partial charge in [0.1, 0.15) is 0 Å². The second-order valence-electron chi connectivity index (χ2n) is 2.74. The Morgan fingerprint density at radius 3 is 2.90 bits per heavy atom. The van der Waals surface area contributed by atoms with Crippen molar-refractivity contribution in [2.75, 3.05) is 0 Å². The Labute approximate surface area is 60.4 Å². The third kappa shape index (κ3) is 0.747. The minimum Gasteiger partial charge on any atom is -0.212 e. The van der Waals surface area contributed by atoms with Crippen LogP contribution in [0.3, 0.4) is 0 Å². The number of hydrogen-bond donors (Lipinski definition) is 1. The van der Waals surface area contributed by atoms with Gasteiger partial charge in [-0.05, 0) is 0 Å². The van der Waals surface area contributed by atoms with E-state index in [9.17, 15) is 0 Å². The smallest absolute Gasteiger partial charge is 0.207 e. The molecule has 1 heteroatoms. The van der Waals surface area contributed by atoms with Gasteiger partial charge in [-0.2, -0.15) is 0 Å². The van der Waals surface area contributed by atoms with Gasteiger partial charge in [-0.25, -0.2) is 4.99 Å². The van der Waals surface area contributed by atoms with Gasteiger partial charge in [-0.3, -0.25) is 0 Å². The molecule has 1 aliphatic rings. The third-order valence-corrected chi connectivity index (χ3v) is 1.82. The average Bonchev–Trinajstić information content (AvgIpc) is 2.27. The van der Waals surface area contributed by atoms with Crippen molar-refractivity contribution in [1.82, 2.24) is 0 Å². The standard InChI is InChI=1S/C9H9N/c1-7-6-8-4-2-3-5-9(8)10-7/h2-5H,6H2,1H3/p+1. The SMILES string of the molecule is CC1=[NH+]c2ccccc2C1. The molecule has 1 aromatic carbocycles. The highest BCUT2D eigenvalue weighted by Gasteiger charge is 2.15. The van der Waals surface area contributed by atoms with E-state index in [1.807, 2.05) is 0 Å². The molecule has 0 amide bonds. The van der Waals surface area contributed by atoms with Crippen molar-refractivity contribution < 1.29 is 4.99 Å². The Morgan fingerprint density at radius 1 is 1.30 bits per heavy atom. The average molecular weight is 132 g/mol. The van der Waals surface area contributed by atoms with Crippen LogP contribution in [0.15, 0.2) is 24.3 Å². The molecule has 1 N–H and O–H groups in total. The van der Waals surface area contributed by atoms with Crippen LogP contribution < -0.4 is 4.99 Å². The van der Waals surface area contributed by atoms with Crippen LogP contribution in [-0.4, -0.2) is 5.71 Å². The topological polar surface area (TPSA) is 14.0 Å². The van der Waals surface area contributed by atoms with Gasteiger partial charge in [0.05, 0.1) is 6.42 Å². The van der Waals surface area contributed by atoms with Crippen LogP contribution in [0.2, 0.25) is 0 Å². The van der Waals surface area contributed by atoms with Crippen LogP contribution in [0.25, 0.3) is 0 Å². The Bertz CT molecular complexity index is 287. The van der Waals surface area contributed by atoms with Crippen molar-refractivity contribution in [2.24, 2.45) is 0 Å². The van der Waals surface area contributed by atoms with Crippen molar-refractivity contribution in [3.63, 3.8) is 0 Å². The zero-order valence-corrected chi connectivity index (χ0v) is 6.02. The highest BCUT2D eigenvalue weighted by Crippen LogP contribution is 2.12. The van der Waals surface area contributed by atoms with Gasteiger partial charge in [0.2, 0.25) is 5.69 Å². The van der Waals surface area contributed by atoms with Crippen LogP contribution in [0, 0.1) is 0 Å². The molecule has 1 aliphatic heterocycles. The predicted octanol–water partition coefficient (Wildman–Crippen LogP) is 0.416. The number of fused-ring (bicyclic) bond motifs is 1. The van der Waals surface area contributed by atoms with E-state index in [0.29, 0.717) is 0 Å². The first kappa shape index (κ1) is 5.66. The number of hydrogen-bond acceptors (Lipinski definition) is 0. The van der Waals surface area contributed by atoms with E-state index in [4.69, 9.17) is 0 Å². The highest BCUT2D eigenvalue weighted by molar-refractivity contribution is 5.83. The second-order valence-corrected chi connectivity index (χ2v) is 2.74. The molecule has 0 aromatic heterocycles. The van der Waals surface area contributed by atoms with Crippen LogP contribution in [-0.2, 0) is 6.42 Å². The first-order valence-electron chi connectivity index (χ1n) is 3.53. The summed E-state index contributed by atoms with van der Waals surface area (Å²) >= 11 is 0. The van der Waals surface area contributed by atoms with Gasteiger partial charge in [-0.15, -0.1) is 0 Å². The van der Waals surface area contributed by atoms with Gasteiger partial charge in [0, 0.05) is 18.6 Å². The fraction of sp³-hybridized carbons (Fsp3) is 0.222. The van der Waals surface area contributed by atoms with E-state index in [2.05, 4.69) is 36.2 Å². The monoisotopic (exact) mass is 132 g/mol. The van der Waals surface area contributed by atoms with Gasteiger partial charge in [-0.1, -0.05) is 18.2 Å². The lowest BCUT2D eigenvalue weighted by atomic mass is 10.1. The lowest BCUT2D eigenvalue weighted by Gasteiger charge is -1.86. The molecule has 0 radical (unpaired) electrons. The molecule has 1 aromatic rings. The van der Waals surface area contributed by atoms with Gasteiger partial charge < -0.3 is 0 Å². The molecule has 0 spiro atoms. The zero-order valence-electron chi connectivity index (χ0n) is 6.02. The molecule has 1 heterocycles. The lowest BCUT2D eigenvalue weighted by molar-refractivity contribution is -0.350. The van der Waals surface area contributed by atoms with Crippen LogP contribution in [0.4, 0.5) is 5.69 Å². The normalized spacial score (nSPS) is 14.7. The van der Waals surface area contributed by atoms with Crippen molar-refractivity contribution >= 4 is 11.4 Å². The molecule has 0 aliphatic carbocycles. The Morgan fingerprint density at radius 2 is 2.10 bits per heavy atom. The lowest BCUT2D eigenvalue weighted by Crippen LogP contribution is -2.62. The summed E-state index contributed by atoms with van der Waals surface area (Å²) < 4.78 is 0. The summed E-state index contributed by atoms with van der Waals surface area (Å²) in [4.78, 5) is 3.31. The maximum atomic E-state index is 3.31. The minimum absolute atomic E-state index is 1.09. The van der Waals surface area contributed by atoms with Crippen LogP contribution in [0.1, 0.15) is 12.5 Å².